The van der Waals surface area contributed by atoms with Crippen LogP contribution in [-0.2, 0) is 11.3 Å². The van der Waals surface area contributed by atoms with Crippen LogP contribution in [-0.4, -0.2) is 28.8 Å². The number of rotatable bonds is 26. The summed E-state index contributed by atoms with van der Waals surface area (Å²) in [4.78, 5) is 36.9. The van der Waals surface area contributed by atoms with Crippen molar-refractivity contribution >= 4 is 17.9 Å². The molecule has 288 valence electrons. The summed E-state index contributed by atoms with van der Waals surface area (Å²) in [5.41, 5.74) is 11.2. The van der Waals surface area contributed by atoms with Gasteiger partial charge in [-0.15, -0.1) is 0 Å². The van der Waals surface area contributed by atoms with Gasteiger partial charge in [-0.05, 0) is 74.8 Å². The number of hydrogen-bond acceptors (Lipinski definition) is 8. The van der Waals surface area contributed by atoms with Crippen molar-refractivity contribution in [2.75, 3.05) is 0 Å². The van der Waals surface area contributed by atoms with Crippen LogP contribution in [0.25, 0.3) is 0 Å². The minimum Gasteiger partial charge on any atom is -0.443 e. The van der Waals surface area contributed by atoms with E-state index in [-0.39, 0.29) is 46.4 Å². The summed E-state index contributed by atoms with van der Waals surface area (Å²) in [7, 11) is 0. The second kappa shape index (κ2) is 22.8. The van der Waals surface area contributed by atoms with Crippen molar-refractivity contribution in [3.05, 3.63) is 33.9 Å². The third kappa shape index (κ3) is 16.4. The fourth-order valence-electron chi connectivity index (χ4n) is 6.98. The molecule has 0 aliphatic heterocycles. The first-order valence-corrected chi connectivity index (χ1v) is 19.3. The molecule has 1 aromatic carbocycles. The number of nitro benzene ring substituents is 1. The molecule has 50 heavy (non-hydrogen) atoms. The van der Waals surface area contributed by atoms with Gasteiger partial charge in [0.2, 0.25) is 0 Å². The largest absolute Gasteiger partial charge is 0.443 e. The standard InChI is InChI=1S/C39H71N5O6/c1-10-14-17-19-25-38(8,26-20-18-15-11-2)31(6)42-43-36(46)49-29-32-27-33(21-22-34(32)44(47)48)50-35(45)41-39(9,40)28-30(5)37(7,23-13-4)24-16-12-3/h21-22,27,30-31,42H,10-20,23-26,28-29,40H2,1-9H3,(H,41,45)(H,43,46). The summed E-state index contributed by atoms with van der Waals surface area (Å²) in [5.74, 6) is 0.324. The van der Waals surface area contributed by atoms with Crippen molar-refractivity contribution in [2.24, 2.45) is 22.5 Å². The van der Waals surface area contributed by atoms with E-state index >= 15 is 0 Å². The van der Waals surface area contributed by atoms with Gasteiger partial charge in [-0.2, -0.15) is 0 Å². The van der Waals surface area contributed by atoms with Crippen LogP contribution in [0.1, 0.15) is 171 Å². The summed E-state index contributed by atoms with van der Waals surface area (Å²) in [5, 5.41) is 14.5. The van der Waals surface area contributed by atoms with Crippen LogP contribution in [0.2, 0.25) is 0 Å². The number of carbonyl (C=O) groups excluding carboxylic acids is 2. The third-order valence-electron chi connectivity index (χ3n) is 10.7. The summed E-state index contributed by atoms with van der Waals surface area (Å²) in [6.45, 7) is 19.0. The molecule has 5 N–H and O–H groups in total. The van der Waals surface area contributed by atoms with Crippen molar-refractivity contribution in [3.63, 3.8) is 0 Å². The van der Waals surface area contributed by atoms with Crippen LogP contribution in [0.15, 0.2) is 18.2 Å². The maximum Gasteiger partial charge on any atom is 0.421 e. The van der Waals surface area contributed by atoms with E-state index in [1.807, 2.05) is 0 Å². The van der Waals surface area contributed by atoms with E-state index < -0.39 is 22.8 Å². The van der Waals surface area contributed by atoms with Crippen LogP contribution < -0.4 is 26.6 Å². The fourth-order valence-corrected chi connectivity index (χ4v) is 6.98. The molecule has 1 aromatic rings. The second-order valence-corrected chi connectivity index (χ2v) is 15.4. The number of unbranched alkanes of at least 4 members (excludes halogenated alkanes) is 7. The van der Waals surface area contributed by atoms with E-state index in [2.05, 4.69) is 71.6 Å². The van der Waals surface area contributed by atoms with E-state index in [4.69, 9.17) is 15.2 Å². The first kappa shape index (κ1) is 45.1. The number of nitrogens with zero attached hydrogens (tertiary/aromatic N) is 1. The molecule has 4 atom stereocenters. The van der Waals surface area contributed by atoms with Crippen LogP contribution in [0.5, 0.6) is 5.75 Å². The lowest BCUT2D eigenvalue weighted by Crippen LogP contribution is -2.56. The van der Waals surface area contributed by atoms with Gasteiger partial charge in [-0.3, -0.25) is 15.5 Å². The van der Waals surface area contributed by atoms with Crippen LogP contribution in [0.3, 0.4) is 0 Å². The lowest BCUT2D eigenvalue weighted by atomic mass is 9.68. The molecule has 0 bridgehead atoms. The predicted octanol–water partition coefficient (Wildman–Crippen LogP) is 10.4. The molecule has 1 rings (SSSR count). The summed E-state index contributed by atoms with van der Waals surface area (Å²) in [6.07, 6.45) is 16.1. The number of amides is 2. The maximum atomic E-state index is 12.9. The van der Waals surface area contributed by atoms with Crippen LogP contribution in [0, 0.1) is 26.9 Å². The fraction of sp³-hybridized carbons (Fsp3) is 0.795. The number of hydrogen-bond donors (Lipinski definition) is 4. The topological polar surface area (TPSA) is 158 Å². The zero-order valence-corrected chi connectivity index (χ0v) is 32.9. The maximum absolute atomic E-state index is 12.9. The Morgan fingerprint density at radius 3 is 1.94 bits per heavy atom. The van der Waals surface area contributed by atoms with Crippen molar-refractivity contribution < 1.29 is 24.0 Å². The Bertz CT molecular complexity index is 1150. The summed E-state index contributed by atoms with van der Waals surface area (Å²) >= 11 is 0. The predicted molar refractivity (Wildman–Crippen MR) is 203 cm³/mol. The Hall–Kier alpha value is -2.92. The molecule has 0 spiro atoms. The normalized spacial score (nSPS) is 15.3. The SMILES string of the molecule is CCCCCCC(C)(CCCCCC)C(C)NNC(=O)OCc1cc(OC(=O)NC(C)(N)CC(C)C(C)(CCC)CCCC)ccc1[N+](=O)[O-]. The van der Waals surface area contributed by atoms with E-state index in [0.717, 1.165) is 57.8 Å². The molecule has 0 radical (unpaired) electrons. The van der Waals surface area contributed by atoms with E-state index in [1.165, 1.54) is 56.7 Å². The second-order valence-electron chi connectivity index (χ2n) is 15.4. The quantitative estimate of drug-likeness (QED) is 0.0321. The van der Waals surface area contributed by atoms with Gasteiger partial charge < -0.3 is 20.5 Å². The van der Waals surface area contributed by atoms with Gasteiger partial charge in [-0.25, -0.2) is 15.0 Å². The average Bonchev–Trinajstić information content (AvgIpc) is 3.05. The molecule has 2 amide bonds. The first-order chi connectivity index (χ1) is 23.6. The number of nitrogens with one attached hydrogen (secondary N) is 3. The van der Waals surface area contributed by atoms with Crippen molar-refractivity contribution in [2.45, 2.75) is 183 Å². The van der Waals surface area contributed by atoms with Gasteiger partial charge in [0.25, 0.3) is 5.69 Å². The molecule has 0 fully saturated rings. The molecule has 0 heterocycles. The summed E-state index contributed by atoms with van der Waals surface area (Å²) in [6, 6.07) is 3.89. The molecule has 0 aromatic heterocycles. The monoisotopic (exact) mass is 706 g/mol. The Kier molecular flexibility index (Phi) is 20.6. The van der Waals surface area contributed by atoms with E-state index in [9.17, 15) is 19.7 Å². The van der Waals surface area contributed by atoms with Gasteiger partial charge in [0, 0.05) is 12.1 Å². The lowest BCUT2D eigenvalue weighted by Gasteiger charge is -2.40. The number of nitrogens with two attached hydrogens (primary N) is 1. The van der Waals surface area contributed by atoms with Gasteiger partial charge in [0.15, 0.2) is 0 Å². The van der Waals surface area contributed by atoms with Gasteiger partial charge in [-0.1, -0.05) is 119 Å². The molecule has 11 heteroatoms. The van der Waals surface area contributed by atoms with Crippen molar-refractivity contribution in [1.29, 1.82) is 0 Å². The lowest BCUT2D eigenvalue weighted by molar-refractivity contribution is -0.385. The van der Waals surface area contributed by atoms with Gasteiger partial charge >= 0.3 is 12.2 Å². The number of ether oxygens (including phenoxy) is 2. The highest BCUT2D eigenvalue weighted by atomic mass is 16.6. The first-order valence-electron chi connectivity index (χ1n) is 19.3. The highest BCUT2D eigenvalue weighted by Gasteiger charge is 2.35. The van der Waals surface area contributed by atoms with Crippen LogP contribution in [0.4, 0.5) is 15.3 Å². The van der Waals surface area contributed by atoms with Gasteiger partial charge in [0.1, 0.15) is 12.4 Å². The molecular formula is C39H71N5O6. The van der Waals surface area contributed by atoms with Crippen molar-refractivity contribution in [1.82, 2.24) is 16.2 Å². The minimum atomic E-state index is -1.03. The molecule has 0 saturated heterocycles. The Labute approximate surface area is 303 Å². The Morgan fingerprint density at radius 2 is 1.40 bits per heavy atom. The number of carbonyl (C=O) groups is 2. The molecule has 4 unspecified atom stereocenters. The van der Waals surface area contributed by atoms with Crippen LogP contribution >= 0.6 is 0 Å². The zero-order valence-electron chi connectivity index (χ0n) is 32.9. The molecular weight excluding hydrogens is 634 g/mol. The average molecular weight is 706 g/mol. The zero-order chi connectivity index (χ0) is 37.8. The number of hydrazine groups is 1. The van der Waals surface area contributed by atoms with Crippen molar-refractivity contribution in [3.8, 4) is 5.75 Å². The number of benzene rings is 1. The molecule has 0 aliphatic rings. The molecule has 0 aliphatic carbocycles. The van der Waals surface area contributed by atoms with E-state index in [0.29, 0.717) is 6.42 Å². The highest BCUT2D eigenvalue weighted by Crippen LogP contribution is 2.41. The number of nitro groups is 1. The molecule has 11 nitrogen and oxygen atoms in total. The Balaban J connectivity index is 2.88. The Morgan fingerprint density at radius 1 is 0.820 bits per heavy atom. The van der Waals surface area contributed by atoms with E-state index in [1.54, 1.807) is 6.92 Å². The minimum absolute atomic E-state index is 0.0122. The highest BCUT2D eigenvalue weighted by molar-refractivity contribution is 5.71. The summed E-state index contributed by atoms with van der Waals surface area (Å²) < 4.78 is 10.9. The smallest absolute Gasteiger partial charge is 0.421 e. The van der Waals surface area contributed by atoms with Gasteiger partial charge in [0.05, 0.1) is 16.1 Å². The third-order valence-corrected chi connectivity index (χ3v) is 10.7. The molecule has 0 saturated carbocycles.